The van der Waals surface area contributed by atoms with Crippen LogP contribution in [0.25, 0.3) is 16.6 Å². The van der Waals surface area contributed by atoms with E-state index in [2.05, 4.69) is 9.97 Å². The molecule has 9 heteroatoms. The third-order valence-electron chi connectivity index (χ3n) is 5.47. The highest BCUT2D eigenvalue weighted by molar-refractivity contribution is 6.18. The fraction of sp³-hybridized carbons (Fsp3) is 0.292. The predicted octanol–water partition coefficient (Wildman–Crippen LogP) is 3.86. The molecule has 2 aromatic heterocycles. The van der Waals surface area contributed by atoms with Crippen molar-refractivity contribution in [3.8, 4) is 0 Å². The van der Waals surface area contributed by atoms with Gasteiger partial charge in [-0.15, -0.1) is 0 Å². The largest absolute Gasteiger partial charge is 0.459 e. The van der Waals surface area contributed by atoms with E-state index in [1.54, 1.807) is 19.9 Å². The van der Waals surface area contributed by atoms with Crippen molar-refractivity contribution in [2.75, 3.05) is 6.54 Å². The maximum atomic E-state index is 13.8. The maximum Gasteiger partial charge on any atom is 0.342 e. The van der Waals surface area contributed by atoms with E-state index in [0.717, 1.165) is 12.1 Å². The summed E-state index contributed by atoms with van der Waals surface area (Å²) in [5.74, 6) is -3.49. The van der Waals surface area contributed by atoms with Gasteiger partial charge in [-0.25, -0.2) is 13.6 Å². The lowest BCUT2D eigenvalue weighted by atomic mass is 9.83. The van der Waals surface area contributed by atoms with E-state index in [9.17, 15) is 23.2 Å². The van der Waals surface area contributed by atoms with Crippen LogP contribution in [-0.2, 0) is 14.9 Å². The minimum absolute atomic E-state index is 0.0682. The molecule has 7 nitrogen and oxygen atoms in total. The molecule has 0 unspecified atom stereocenters. The van der Waals surface area contributed by atoms with Crippen LogP contribution >= 0.6 is 0 Å². The molecule has 0 saturated carbocycles. The molecule has 1 aliphatic rings. The minimum atomic E-state index is -1.15. The molecule has 4 rings (SSSR count). The Balaban J connectivity index is 1.92. The number of fused-ring (bicyclic) bond motifs is 3. The first-order valence-corrected chi connectivity index (χ1v) is 10.4. The van der Waals surface area contributed by atoms with Gasteiger partial charge in [0, 0.05) is 35.4 Å². The van der Waals surface area contributed by atoms with Crippen LogP contribution in [0, 0.1) is 11.6 Å². The number of carbonyl (C=O) groups excluding carboxylic acids is 2. The summed E-state index contributed by atoms with van der Waals surface area (Å²) in [6, 6.07) is 5.88. The molecule has 3 heterocycles. The molecule has 0 fully saturated rings. The number of hydrogen-bond acceptors (Lipinski definition) is 4. The van der Waals surface area contributed by atoms with Crippen LogP contribution in [0.1, 0.15) is 49.3 Å². The van der Waals surface area contributed by atoms with Crippen LogP contribution < -0.4 is 5.56 Å². The van der Waals surface area contributed by atoms with Crippen LogP contribution in [0.15, 0.2) is 41.3 Å². The Morgan fingerprint density at radius 2 is 1.82 bits per heavy atom. The normalized spacial score (nSPS) is 15.2. The number of halogens is 2. The van der Waals surface area contributed by atoms with Crippen molar-refractivity contribution in [2.24, 2.45) is 0 Å². The summed E-state index contributed by atoms with van der Waals surface area (Å²) in [6.07, 6.45) is 0.938. The number of aromatic nitrogens is 2. The van der Waals surface area contributed by atoms with Gasteiger partial charge in [0.1, 0.15) is 0 Å². The minimum Gasteiger partial charge on any atom is -0.459 e. The van der Waals surface area contributed by atoms with Gasteiger partial charge in [0.05, 0.1) is 28.4 Å². The topological polar surface area (TPSA) is 95.3 Å². The van der Waals surface area contributed by atoms with Gasteiger partial charge >= 0.3 is 5.97 Å². The standard InChI is InChI=1S/C24H23F2N3O4/c1-12(2)33-23(32)14-10-29(22(31)13-5-6-15(25)16(26)9-13)11-24(3,4)19-20(14)27-17-7-8-18(30)28-21(17)19/h5-10,12,27H,11H2,1-4H3,(H,28,30). The lowest BCUT2D eigenvalue weighted by Gasteiger charge is -2.29. The number of amides is 1. The van der Waals surface area contributed by atoms with Crippen molar-refractivity contribution in [1.29, 1.82) is 0 Å². The summed E-state index contributed by atoms with van der Waals surface area (Å²) in [6.45, 7) is 7.22. The molecule has 0 spiro atoms. The van der Waals surface area contributed by atoms with Crippen LogP contribution in [0.4, 0.5) is 8.78 Å². The quantitative estimate of drug-likeness (QED) is 0.587. The molecule has 0 aliphatic carbocycles. The first-order valence-electron chi connectivity index (χ1n) is 10.4. The van der Waals surface area contributed by atoms with Gasteiger partial charge in [0.2, 0.25) is 5.56 Å². The Morgan fingerprint density at radius 1 is 1.09 bits per heavy atom. The smallest absolute Gasteiger partial charge is 0.342 e. The van der Waals surface area contributed by atoms with Crippen molar-refractivity contribution in [1.82, 2.24) is 14.9 Å². The van der Waals surface area contributed by atoms with Crippen molar-refractivity contribution in [3.63, 3.8) is 0 Å². The van der Waals surface area contributed by atoms with Gasteiger partial charge in [0.15, 0.2) is 11.6 Å². The van der Waals surface area contributed by atoms with Crippen LogP contribution in [0.2, 0.25) is 0 Å². The average Bonchev–Trinajstić information content (AvgIpc) is 3.05. The third-order valence-corrected chi connectivity index (χ3v) is 5.47. The van der Waals surface area contributed by atoms with Gasteiger partial charge in [0.25, 0.3) is 5.91 Å². The predicted molar refractivity (Wildman–Crippen MR) is 119 cm³/mol. The summed E-state index contributed by atoms with van der Waals surface area (Å²) >= 11 is 0. The summed E-state index contributed by atoms with van der Waals surface area (Å²) in [5.41, 5.74) is 1.16. The summed E-state index contributed by atoms with van der Waals surface area (Å²) in [5, 5.41) is 0. The van der Waals surface area contributed by atoms with Crippen molar-refractivity contribution in [3.05, 3.63) is 75.3 Å². The first kappa shape index (κ1) is 22.4. The third kappa shape index (κ3) is 4.06. The number of hydrogen-bond donors (Lipinski definition) is 2. The van der Waals surface area contributed by atoms with E-state index < -0.39 is 35.0 Å². The average molecular weight is 455 g/mol. The van der Waals surface area contributed by atoms with Crippen LogP contribution in [0.3, 0.4) is 0 Å². The number of nitrogens with zero attached hydrogens (tertiary/aromatic N) is 1. The number of esters is 1. The monoisotopic (exact) mass is 455 g/mol. The molecule has 2 N–H and O–H groups in total. The second-order valence-electron chi connectivity index (χ2n) is 8.93. The Labute approximate surface area is 188 Å². The molecule has 33 heavy (non-hydrogen) atoms. The zero-order valence-electron chi connectivity index (χ0n) is 18.6. The molecule has 0 saturated heterocycles. The fourth-order valence-corrected chi connectivity index (χ4v) is 4.11. The van der Waals surface area contributed by atoms with E-state index >= 15 is 0 Å². The zero-order valence-corrected chi connectivity index (χ0v) is 18.6. The number of pyridine rings is 1. The molecule has 3 aromatic rings. The number of rotatable bonds is 3. The van der Waals surface area contributed by atoms with Crippen LogP contribution in [-0.4, -0.2) is 39.4 Å². The van der Waals surface area contributed by atoms with Gasteiger partial charge in [-0.1, -0.05) is 13.8 Å². The number of aromatic amines is 2. The summed E-state index contributed by atoms with van der Waals surface area (Å²) < 4.78 is 32.6. The molecular formula is C24H23F2N3O4. The Kier molecular flexibility index (Phi) is 5.43. The molecule has 0 atom stereocenters. The number of H-pyrrole nitrogens is 2. The SMILES string of the molecule is CC(C)OC(=O)C1=CN(C(=O)c2ccc(F)c(F)c2)CC(C)(C)c2c1[nH]c1ccc(=O)[nH]c21. The van der Waals surface area contributed by atoms with E-state index in [-0.39, 0.29) is 23.2 Å². The van der Waals surface area contributed by atoms with Gasteiger partial charge < -0.3 is 19.6 Å². The molecule has 0 bridgehead atoms. The van der Waals surface area contributed by atoms with Crippen LogP contribution in [0.5, 0.6) is 0 Å². The van der Waals surface area contributed by atoms with E-state index in [4.69, 9.17) is 4.74 Å². The van der Waals surface area contributed by atoms with E-state index in [0.29, 0.717) is 22.3 Å². The maximum absolute atomic E-state index is 13.8. The van der Waals surface area contributed by atoms with Crippen molar-refractivity contribution < 1.29 is 23.1 Å². The molecule has 0 radical (unpaired) electrons. The number of carbonyl (C=O) groups is 2. The van der Waals surface area contributed by atoms with Crippen molar-refractivity contribution in [2.45, 2.75) is 39.2 Å². The Bertz CT molecular complexity index is 1370. The number of nitrogens with one attached hydrogen (secondary N) is 2. The molecule has 172 valence electrons. The highest BCUT2D eigenvalue weighted by Gasteiger charge is 2.38. The lowest BCUT2D eigenvalue weighted by molar-refractivity contribution is -0.140. The fourth-order valence-electron chi connectivity index (χ4n) is 4.11. The highest BCUT2D eigenvalue weighted by atomic mass is 19.2. The van der Waals surface area contributed by atoms with E-state index in [1.807, 2.05) is 13.8 Å². The summed E-state index contributed by atoms with van der Waals surface area (Å²) in [4.78, 5) is 45.6. The first-order chi connectivity index (χ1) is 15.5. The van der Waals surface area contributed by atoms with E-state index in [1.165, 1.54) is 23.2 Å². The molecular weight excluding hydrogens is 432 g/mol. The Hall–Kier alpha value is -3.75. The zero-order chi connectivity index (χ0) is 24.1. The summed E-state index contributed by atoms with van der Waals surface area (Å²) in [7, 11) is 0. The molecule has 1 amide bonds. The van der Waals surface area contributed by atoms with Gasteiger partial charge in [-0.05, 0) is 38.1 Å². The van der Waals surface area contributed by atoms with Gasteiger partial charge in [-0.2, -0.15) is 0 Å². The van der Waals surface area contributed by atoms with Gasteiger partial charge in [-0.3, -0.25) is 9.59 Å². The van der Waals surface area contributed by atoms with Crippen molar-refractivity contribution >= 4 is 28.5 Å². The number of benzene rings is 1. The second kappa shape index (κ2) is 7.99. The number of ether oxygens (including phenoxy) is 1. The molecule has 1 aliphatic heterocycles. The lowest BCUT2D eigenvalue weighted by Crippen LogP contribution is -2.37. The highest BCUT2D eigenvalue weighted by Crippen LogP contribution is 2.39. The second-order valence-corrected chi connectivity index (χ2v) is 8.93. The Morgan fingerprint density at radius 3 is 2.48 bits per heavy atom. The molecule has 1 aromatic carbocycles.